The van der Waals surface area contributed by atoms with E-state index >= 15 is 0 Å². The summed E-state index contributed by atoms with van der Waals surface area (Å²) >= 11 is 0. The van der Waals surface area contributed by atoms with Crippen molar-refractivity contribution in [2.24, 2.45) is 0 Å². The average molecular weight is 339 g/mol. The van der Waals surface area contributed by atoms with E-state index in [9.17, 15) is 9.59 Å². The number of nitrogens with zero attached hydrogens (tertiary/aromatic N) is 3. The average Bonchev–Trinajstić information content (AvgIpc) is 3.12. The van der Waals surface area contributed by atoms with Gasteiger partial charge in [0, 0.05) is 18.5 Å². The molecule has 1 amide bonds. The number of hydrogen-bond donors (Lipinski definition) is 1. The van der Waals surface area contributed by atoms with Gasteiger partial charge in [0.25, 0.3) is 5.91 Å². The monoisotopic (exact) mass is 339 g/mol. The summed E-state index contributed by atoms with van der Waals surface area (Å²) in [6.45, 7) is 2.83. The molecule has 1 aliphatic heterocycles. The molecule has 1 fully saturated rings. The van der Waals surface area contributed by atoms with Gasteiger partial charge in [0.1, 0.15) is 5.69 Å². The smallest absolute Gasteiger partial charge is 0.356 e. The molecule has 1 aromatic heterocycles. The fourth-order valence-electron chi connectivity index (χ4n) is 3.59. The molecule has 2 heterocycles. The number of amides is 1. The Bertz CT molecular complexity index is 746. The van der Waals surface area contributed by atoms with Gasteiger partial charge in [-0.05, 0) is 24.8 Å². The molecular weight excluding hydrogens is 318 g/mol. The minimum atomic E-state index is -1.15. The van der Waals surface area contributed by atoms with Gasteiger partial charge in [-0.2, -0.15) is 0 Å². The van der Waals surface area contributed by atoms with E-state index in [2.05, 4.69) is 29.0 Å². The van der Waals surface area contributed by atoms with Gasteiger partial charge in [-0.25, -0.2) is 14.8 Å². The van der Waals surface area contributed by atoms with E-state index in [0.717, 1.165) is 25.5 Å². The first kappa shape index (κ1) is 17.1. The van der Waals surface area contributed by atoms with Crippen LogP contribution in [0.2, 0.25) is 0 Å². The van der Waals surface area contributed by atoms with Crippen LogP contribution in [0.1, 0.15) is 58.6 Å². The fraction of sp³-hybridized carbons (Fsp3) is 0.368. The van der Waals surface area contributed by atoms with Crippen LogP contribution in [0.4, 0.5) is 0 Å². The van der Waals surface area contributed by atoms with E-state index in [0.29, 0.717) is 6.54 Å². The highest BCUT2D eigenvalue weighted by atomic mass is 16.4. The van der Waals surface area contributed by atoms with Crippen molar-refractivity contribution in [2.75, 3.05) is 6.54 Å². The van der Waals surface area contributed by atoms with Crippen molar-refractivity contribution in [1.29, 1.82) is 0 Å². The van der Waals surface area contributed by atoms with E-state index in [4.69, 9.17) is 5.11 Å². The van der Waals surface area contributed by atoms with E-state index in [1.165, 1.54) is 11.8 Å². The topological polar surface area (TPSA) is 83.4 Å². The van der Waals surface area contributed by atoms with Crippen molar-refractivity contribution in [3.8, 4) is 0 Å². The van der Waals surface area contributed by atoms with Crippen LogP contribution in [0, 0.1) is 0 Å². The Morgan fingerprint density at radius 1 is 1.20 bits per heavy atom. The van der Waals surface area contributed by atoms with Crippen LogP contribution in [-0.4, -0.2) is 44.4 Å². The van der Waals surface area contributed by atoms with Gasteiger partial charge in [-0.15, -0.1) is 0 Å². The normalized spacial score (nSPS) is 18.1. The molecule has 1 aliphatic rings. The number of aromatic nitrogens is 2. The highest BCUT2D eigenvalue weighted by molar-refractivity contribution is 5.93. The lowest BCUT2D eigenvalue weighted by Crippen LogP contribution is -2.39. The number of aromatic carboxylic acids is 1. The summed E-state index contributed by atoms with van der Waals surface area (Å²) < 4.78 is 0. The minimum absolute atomic E-state index is 0.126. The van der Waals surface area contributed by atoms with Crippen molar-refractivity contribution in [2.45, 2.75) is 38.1 Å². The summed E-state index contributed by atoms with van der Waals surface area (Å²) in [7, 11) is 0. The molecule has 6 nitrogen and oxygen atoms in total. The minimum Gasteiger partial charge on any atom is -0.476 e. The van der Waals surface area contributed by atoms with Crippen LogP contribution in [0.5, 0.6) is 0 Å². The van der Waals surface area contributed by atoms with E-state index in [1.54, 1.807) is 0 Å². The maximum absolute atomic E-state index is 12.9. The van der Waals surface area contributed by atoms with Gasteiger partial charge in [0.2, 0.25) is 0 Å². The number of rotatable bonds is 5. The molecule has 1 saturated heterocycles. The zero-order chi connectivity index (χ0) is 17.8. The van der Waals surface area contributed by atoms with Gasteiger partial charge in [-0.1, -0.05) is 37.3 Å². The van der Waals surface area contributed by atoms with Crippen molar-refractivity contribution in [1.82, 2.24) is 14.9 Å². The molecule has 0 spiro atoms. The lowest BCUT2D eigenvalue weighted by atomic mass is 9.87. The summed E-state index contributed by atoms with van der Waals surface area (Å²) in [4.78, 5) is 33.4. The number of carbonyl (C=O) groups excluding carboxylic acids is 1. The number of carbonyl (C=O) groups is 2. The molecule has 130 valence electrons. The van der Waals surface area contributed by atoms with Crippen molar-refractivity contribution in [3.05, 3.63) is 59.7 Å². The van der Waals surface area contributed by atoms with Crippen LogP contribution >= 0.6 is 0 Å². The maximum atomic E-state index is 12.9. The summed E-state index contributed by atoms with van der Waals surface area (Å²) in [5.74, 6) is -1.05. The van der Waals surface area contributed by atoms with Crippen molar-refractivity contribution in [3.63, 3.8) is 0 Å². The predicted octanol–water partition coefficient (Wildman–Crippen LogP) is 2.97. The molecule has 0 saturated carbocycles. The van der Waals surface area contributed by atoms with Gasteiger partial charge in [0.15, 0.2) is 5.69 Å². The van der Waals surface area contributed by atoms with Gasteiger partial charge < -0.3 is 10.0 Å². The molecule has 2 atom stereocenters. The summed E-state index contributed by atoms with van der Waals surface area (Å²) in [5.41, 5.74) is 1.27. The van der Waals surface area contributed by atoms with Crippen molar-refractivity contribution < 1.29 is 14.7 Å². The van der Waals surface area contributed by atoms with Crippen molar-refractivity contribution >= 4 is 11.9 Å². The third kappa shape index (κ3) is 3.52. The third-order valence-corrected chi connectivity index (χ3v) is 4.78. The molecular formula is C19H21N3O3. The standard InChI is InChI=1S/C19H21N3O3/c1-2-14(13-7-4-3-5-8-13)17-9-6-10-22(17)18(23)15-11-21-16(12-20-15)19(24)25/h3-5,7-8,11-12,14,17H,2,6,9-10H2,1H3,(H,24,25). The van der Waals surface area contributed by atoms with Crippen LogP contribution in [0.25, 0.3) is 0 Å². The zero-order valence-corrected chi connectivity index (χ0v) is 14.1. The third-order valence-electron chi connectivity index (χ3n) is 4.78. The van der Waals surface area contributed by atoms with Crippen LogP contribution in [0.15, 0.2) is 42.7 Å². The molecule has 6 heteroatoms. The maximum Gasteiger partial charge on any atom is 0.356 e. The second-order valence-electron chi connectivity index (χ2n) is 6.23. The number of carboxylic acid groups (broad SMARTS) is 1. The quantitative estimate of drug-likeness (QED) is 0.905. The van der Waals surface area contributed by atoms with Crippen LogP contribution in [0.3, 0.4) is 0 Å². The van der Waals surface area contributed by atoms with E-state index < -0.39 is 5.97 Å². The second kappa shape index (κ2) is 7.42. The highest BCUT2D eigenvalue weighted by Crippen LogP contribution is 2.34. The fourth-order valence-corrected chi connectivity index (χ4v) is 3.59. The zero-order valence-electron chi connectivity index (χ0n) is 14.1. The van der Waals surface area contributed by atoms with Gasteiger partial charge >= 0.3 is 5.97 Å². The number of likely N-dealkylation sites (tertiary alicyclic amines) is 1. The molecule has 1 N–H and O–H groups in total. The second-order valence-corrected chi connectivity index (χ2v) is 6.23. The van der Waals surface area contributed by atoms with E-state index in [-0.39, 0.29) is 29.3 Å². The first-order valence-corrected chi connectivity index (χ1v) is 8.53. The summed E-state index contributed by atoms with van der Waals surface area (Å²) in [5, 5.41) is 8.90. The molecule has 1 aromatic carbocycles. The first-order valence-electron chi connectivity index (χ1n) is 8.53. The molecule has 0 bridgehead atoms. The Morgan fingerprint density at radius 2 is 1.88 bits per heavy atom. The van der Waals surface area contributed by atoms with Gasteiger partial charge in [-0.3, -0.25) is 4.79 Å². The summed E-state index contributed by atoms with van der Waals surface area (Å²) in [6.07, 6.45) is 5.25. The Labute approximate surface area is 146 Å². The Morgan fingerprint density at radius 3 is 2.48 bits per heavy atom. The lowest BCUT2D eigenvalue weighted by molar-refractivity contribution is 0.0679. The first-order chi connectivity index (χ1) is 12.1. The SMILES string of the molecule is CCC(c1ccccc1)C1CCCN1C(=O)c1cnc(C(=O)O)cn1. The lowest BCUT2D eigenvalue weighted by Gasteiger charge is -2.31. The molecule has 25 heavy (non-hydrogen) atoms. The Kier molecular flexibility index (Phi) is 5.07. The molecule has 0 aliphatic carbocycles. The number of benzene rings is 1. The molecule has 3 rings (SSSR count). The number of carboxylic acids is 1. The predicted molar refractivity (Wildman–Crippen MR) is 92.5 cm³/mol. The van der Waals surface area contributed by atoms with Crippen LogP contribution in [-0.2, 0) is 0 Å². The molecule has 2 unspecified atom stereocenters. The largest absolute Gasteiger partial charge is 0.476 e. The van der Waals surface area contributed by atoms with Gasteiger partial charge in [0.05, 0.1) is 12.4 Å². The van der Waals surface area contributed by atoms with E-state index in [1.807, 2.05) is 23.1 Å². The van der Waals surface area contributed by atoms with Crippen LogP contribution < -0.4 is 0 Å². The highest BCUT2D eigenvalue weighted by Gasteiger charge is 2.35. The molecule has 0 radical (unpaired) electrons. The number of hydrogen-bond acceptors (Lipinski definition) is 4. The Balaban J connectivity index is 1.82. The summed E-state index contributed by atoms with van der Waals surface area (Å²) in [6, 6.07) is 10.4. The molecule has 2 aromatic rings. The Hall–Kier alpha value is -2.76.